The molecule has 0 unspecified atom stereocenters. The number of nitrogens with zero attached hydrogens (tertiary/aromatic N) is 2. The predicted octanol–water partition coefficient (Wildman–Crippen LogP) is 8.99. The Morgan fingerprint density at radius 2 is 1.19 bits per heavy atom. The fourth-order valence-electron chi connectivity index (χ4n) is 12.9. The molecule has 48 heavy (non-hydrogen) atoms. The maximum absolute atomic E-state index is 14.9. The van der Waals surface area contributed by atoms with Crippen LogP contribution in [0.15, 0.2) is 22.9 Å². The van der Waals surface area contributed by atoms with Crippen LogP contribution in [0.25, 0.3) is 20.2 Å². The third-order valence-corrected chi connectivity index (χ3v) is 17.2. The van der Waals surface area contributed by atoms with E-state index in [9.17, 15) is 9.59 Å². The van der Waals surface area contributed by atoms with Gasteiger partial charge in [0.1, 0.15) is 11.4 Å². The third kappa shape index (κ3) is 2.80. The molecule has 9 heteroatoms. The molecular formula is C39H38Cl2N2O3S2. The van der Waals surface area contributed by atoms with Gasteiger partial charge in [0.25, 0.3) is 0 Å². The van der Waals surface area contributed by atoms with Crippen LogP contribution in [0.1, 0.15) is 60.4 Å². The van der Waals surface area contributed by atoms with Gasteiger partial charge in [0, 0.05) is 63.9 Å². The molecule has 6 fully saturated rings. The maximum Gasteiger partial charge on any atom is 0.234 e. The minimum absolute atomic E-state index is 0.0947. The first kappa shape index (κ1) is 29.4. The molecule has 4 aromatic rings. The number of anilines is 2. The van der Waals surface area contributed by atoms with Gasteiger partial charge < -0.3 is 14.5 Å². The molecule has 4 heterocycles. The largest absolute Gasteiger partial charge is 0.487 e. The molecule has 6 aliphatic carbocycles. The first-order chi connectivity index (χ1) is 22.9. The molecule has 248 valence electrons. The lowest BCUT2D eigenvalue weighted by atomic mass is 8.92. The number of carbonyl (C=O) groups is 2. The first-order valence-corrected chi connectivity index (χ1v) is 20.3. The topological polar surface area (TPSA) is 49.9 Å². The highest BCUT2D eigenvalue weighted by Gasteiger charge is 3.13. The minimum Gasteiger partial charge on any atom is -0.487 e. The molecule has 2 amide bonds. The average Bonchev–Trinajstić information content (AvgIpc) is 3.82. The van der Waals surface area contributed by atoms with Crippen molar-refractivity contribution in [1.82, 2.24) is 0 Å². The van der Waals surface area contributed by atoms with E-state index in [0.717, 1.165) is 21.8 Å². The lowest BCUT2D eigenvalue weighted by Crippen LogP contribution is -3.12. The van der Waals surface area contributed by atoms with E-state index in [4.69, 9.17) is 27.9 Å². The van der Waals surface area contributed by atoms with Crippen molar-refractivity contribution >= 4 is 89.2 Å². The summed E-state index contributed by atoms with van der Waals surface area (Å²) in [4.78, 5) is 33.8. The van der Waals surface area contributed by atoms with Crippen LogP contribution in [0.4, 0.5) is 11.4 Å². The van der Waals surface area contributed by atoms with Crippen LogP contribution in [-0.4, -0.2) is 42.3 Å². The molecule has 12 rings (SSSR count). The van der Waals surface area contributed by atoms with Crippen LogP contribution in [-0.2, 0) is 9.59 Å². The fourth-order valence-corrected chi connectivity index (χ4v) is 15.5. The lowest BCUT2D eigenvalue weighted by Gasteiger charge is -3.09. The SMILES string of the molecule is Cc1cc2c(c3c(C)csc13)[C@H](CCl)CN2C(=O)C12C3C4C1C1C2C3C41C(=O)N1C[C@@H](CCl)c2c1cc(OC(C)(C)C)c1scc(C)c21. The fraction of sp³-hybridized carbons (Fsp3) is 0.538. The summed E-state index contributed by atoms with van der Waals surface area (Å²) >= 11 is 16.8. The third-order valence-electron chi connectivity index (χ3n) is 14.1. The Morgan fingerprint density at radius 3 is 1.65 bits per heavy atom. The number of fused-ring (bicyclic) bond motifs is 6. The van der Waals surface area contributed by atoms with Gasteiger partial charge in [-0.1, -0.05) is 0 Å². The molecule has 0 saturated heterocycles. The number of benzene rings is 2. The smallest absolute Gasteiger partial charge is 0.234 e. The van der Waals surface area contributed by atoms with Gasteiger partial charge in [0.15, 0.2) is 0 Å². The normalized spacial score (nSPS) is 37.0. The van der Waals surface area contributed by atoms with Crippen LogP contribution in [0, 0.1) is 67.1 Å². The summed E-state index contributed by atoms with van der Waals surface area (Å²) in [6.07, 6.45) is 0. The summed E-state index contributed by atoms with van der Waals surface area (Å²) in [5.74, 6) is 4.80. The highest BCUT2D eigenvalue weighted by molar-refractivity contribution is 7.18. The van der Waals surface area contributed by atoms with Crippen LogP contribution >= 0.6 is 45.9 Å². The van der Waals surface area contributed by atoms with Crippen LogP contribution in [0.3, 0.4) is 0 Å². The summed E-state index contributed by atoms with van der Waals surface area (Å²) in [5.41, 5.74) is 7.41. The zero-order chi connectivity index (χ0) is 33.1. The lowest BCUT2D eigenvalue weighted by molar-refractivity contribution is -0.623. The Hall–Kier alpha value is -2.32. The quantitative estimate of drug-likeness (QED) is 0.194. The molecule has 2 aromatic carbocycles. The first-order valence-electron chi connectivity index (χ1n) is 17.4. The van der Waals surface area contributed by atoms with E-state index in [1.165, 1.54) is 43.3 Å². The van der Waals surface area contributed by atoms with E-state index < -0.39 is 0 Å². The number of carbonyl (C=O) groups excluding carboxylic acids is 2. The van der Waals surface area contributed by atoms with E-state index in [0.29, 0.717) is 66.3 Å². The number of alkyl halides is 2. The summed E-state index contributed by atoms with van der Waals surface area (Å²) in [6, 6.07) is 4.37. The Kier molecular flexibility index (Phi) is 5.36. The van der Waals surface area contributed by atoms with Gasteiger partial charge in [-0.25, -0.2) is 0 Å². The van der Waals surface area contributed by atoms with E-state index in [-0.39, 0.29) is 34.2 Å². The maximum atomic E-state index is 14.9. The number of aryl methyl sites for hydroxylation is 3. The number of halogens is 2. The number of thiophene rings is 2. The molecule has 0 N–H and O–H groups in total. The zero-order valence-corrected chi connectivity index (χ0v) is 31.1. The number of ether oxygens (including phenoxy) is 1. The molecule has 0 bridgehead atoms. The van der Waals surface area contributed by atoms with E-state index in [1.54, 1.807) is 22.7 Å². The average molecular weight is 718 g/mol. The van der Waals surface area contributed by atoms with Crippen molar-refractivity contribution in [2.24, 2.45) is 46.3 Å². The standard InChI is InChI=1S/C39H38Cl2N2O3S2/c1-15-7-20-25(23-16(2)13-47-33(15)23)18(9-40)11-42(20)35(44)38-27-30-28(38)32-29(38)31(27)39(30,32)36(45)43-12-19(10-41)26-21(43)8-22(46-37(4,5)6)34-24(26)17(3)14-48-34/h7-8,13-14,18-19,27-32H,9-12H2,1-6H3/t18-,19-,27?,28?,29?,30?,31?,32?,38?,39?/m1/s1. The van der Waals surface area contributed by atoms with Crippen molar-refractivity contribution in [3.8, 4) is 5.75 Å². The number of hydrogen-bond donors (Lipinski definition) is 0. The Balaban J connectivity index is 0.925. The van der Waals surface area contributed by atoms with E-state index >= 15 is 0 Å². The zero-order valence-electron chi connectivity index (χ0n) is 27.9. The van der Waals surface area contributed by atoms with Crippen molar-refractivity contribution in [2.75, 3.05) is 34.6 Å². The molecule has 8 aliphatic rings. The Labute approximate surface area is 298 Å². The summed E-state index contributed by atoms with van der Waals surface area (Å²) < 4.78 is 8.99. The molecule has 2 aromatic heterocycles. The molecule has 0 spiro atoms. The Bertz CT molecular complexity index is 2160. The van der Waals surface area contributed by atoms with Crippen LogP contribution in [0.5, 0.6) is 5.75 Å². The van der Waals surface area contributed by atoms with Gasteiger partial charge in [-0.3, -0.25) is 9.59 Å². The second-order valence-electron chi connectivity index (χ2n) is 16.9. The van der Waals surface area contributed by atoms with Gasteiger partial charge >= 0.3 is 0 Å². The molecule has 2 aliphatic heterocycles. The summed E-state index contributed by atoms with van der Waals surface area (Å²) in [6.45, 7) is 14.0. The van der Waals surface area contributed by atoms with Gasteiger partial charge in [0.05, 0.1) is 21.2 Å². The van der Waals surface area contributed by atoms with Gasteiger partial charge in [-0.2, -0.15) is 0 Å². The van der Waals surface area contributed by atoms with E-state index in [1.807, 2.05) is 0 Å². The van der Waals surface area contributed by atoms with Crippen LogP contribution < -0.4 is 14.5 Å². The molecule has 6 saturated carbocycles. The highest BCUT2D eigenvalue weighted by Crippen LogP contribution is 3.10. The van der Waals surface area contributed by atoms with Crippen LogP contribution in [0.2, 0.25) is 0 Å². The van der Waals surface area contributed by atoms with Crippen molar-refractivity contribution in [3.05, 3.63) is 50.7 Å². The second kappa shape index (κ2) is 8.75. The van der Waals surface area contributed by atoms with Crippen molar-refractivity contribution in [1.29, 1.82) is 0 Å². The van der Waals surface area contributed by atoms with E-state index in [2.05, 4.69) is 74.2 Å². The van der Waals surface area contributed by atoms with Gasteiger partial charge in [0.2, 0.25) is 11.8 Å². The predicted molar refractivity (Wildman–Crippen MR) is 196 cm³/mol. The second-order valence-corrected chi connectivity index (χ2v) is 19.3. The molecule has 2 atom stereocenters. The molecule has 0 radical (unpaired) electrons. The molecule has 5 nitrogen and oxygen atoms in total. The van der Waals surface area contributed by atoms with Crippen molar-refractivity contribution in [2.45, 2.75) is 59.0 Å². The minimum atomic E-state index is -0.357. The number of rotatable bonds is 5. The highest BCUT2D eigenvalue weighted by atomic mass is 35.5. The van der Waals surface area contributed by atoms with Gasteiger partial charge in [-0.15, -0.1) is 45.9 Å². The van der Waals surface area contributed by atoms with Gasteiger partial charge in [-0.05, 0) is 122 Å². The number of hydrogen-bond acceptors (Lipinski definition) is 5. The summed E-state index contributed by atoms with van der Waals surface area (Å²) in [7, 11) is 0. The Morgan fingerprint density at radius 1 is 0.750 bits per heavy atom. The van der Waals surface area contributed by atoms with Crippen molar-refractivity contribution in [3.63, 3.8) is 0 Å². The van der Waals surface area contributed by atoms with Crippen molar-refractivity contribution < 1.29 is 14.3 Å². The number of amides is 2. The monoisotopic (exact) mass is 716 g/mol. The molecular weight excluding hydrogens is 679 g/mol. The summed E-state index contributed by atoms with van der Waals surface area (Å²) in [5, 5.41) is 6.95.